The molecule has 0 spiro atoms. The van der Waals surface area contributed by atoms with E-state index in [4.69, 9.17) is 4.74 Å². The summed E-state index contributed by atoms with van der Waals surface area (Å²) in [5.74, 6) is 0.746. The Labute approximate surface area is 158 Å². The zero-order valence-electron chi connectivity index (χ0n) is 15.0. The summed E-state index contributed by atoms with van der Waals surface area (Å²) in [5.41, 5.74) is 3.34. The van der Waals surface area contributed by atoms with Crippen molar-refractivity contribution < 1.29 is 13.2 Å². The second-order valence-electron chi connectivity index (χ2n) is 5.78. The number of nitrogens with zero attached hydrogens (tertiary/aromatic N) is 2. The number of ether oxygens (including phenoxy) is 1. The van der Waals surface area contributed by atoms with E-state index >= 15 is 0 Å². The molecule has 0 aliphatic carbocycles. The van der Waals surface area contributed by atoms with Crippen LogP contribution < -0.4 is 9.57 Å². The van der Waals surface area contributed by atoms with Gasteiger partial charge in [0.1, 0.15) is 5.75 Å². The van der Waals surface area contributed by atoms with Gasteiger partial charge in [-0.1, -0.05) is 19.1 Å². The Morgan fingerprint density at radius 1 is 1.15 bits per heavy atom. The van der Waals surface area contributed by atoms with E-state index < -0.39 is 10.0 Å². The minimum Gasteiger partial charge on any atom is -0.497 e. The van der Waals surface area contributed by atoms with Gasteiger partial charge in [0.15, 0.2) is 0 Å². The number of aromatic amines is 1. The number of aryl methyl sites for hydroxylation is 1. The molecule has 0 atom stereocenters. The van der Waals surface area contributed by atoms with Crippen molar-refractivity contribution >= 4 is 16.2 Å². The van der Waals surface area contributed by atoms with Crippen molar-refractivity contribution in [3.63, 3.8) is 0 Å². The fraction of sp³-hybridized carbons (Fsp3) is 0.158. The Hall–Kier alpha value is -3.13. The number of hydrogen-bond donors (Lipinski definition) is 2. The summed E-state index contributed by atoms with van der Waals surface area (Å²) < 4.78 is 29.8. The maximum absolute atomic E-state index is 12.3. The highest BCUT2D eigenvalue weighted by molar-refractivity contribution is 7.89. The molecule has 0 aliphatic rings. The minimum absolute atomic E-state index is 0.166. The van der Waals surface area contributed by atoms with Crippen LogP contribution in [0.3, 0.4) is 0 Å². The summed E-state index contributed by atoms with van der Waals surface area (Å²) >= 11 is 0. The zero-order chi connectivity index (χ0) is 19.3. The molecular formula is C19H20N4O3S. The van der Waals surface area contributed by atoms with E-state index in [1.165, 1.54) is 6.21 Å². The molecule has 0 bridgehead atoms. The number of hydrogen-bond acceptors (Lipinski definition) is 5. The Morgan fingerprint density at radius 3 is 2.48 bits per heavy atom. The van der Waals surface area contributed by atoms with Crippen molar-refractivity contribution in [1.82, 2.24) is 15.0 Å². The van der Waals surface area contributed by atoms with Crippen LogP contribution in [0.4, 0.5) is 0 Å². The van der Waals surface area contributed by atoms with Gasteiger partial charge in [0, 0.05) is 11.1 Å². The van der Waals surface area contributed by atoms with Crippen LogP contribution in [0.5, 0.6) is 5.75 Å². The molecule has 8 heteroatoms. The summed E-state index contributed by atoms with van der Waals surface area (Å²) in [5, 5.41) is 10.8. The number of H-pyrrole nitrogens is 1. The first-order valence-electron chi connectivity index (χ1n) is 8.35. The van der Waals surface area contributed by atoms with E-state index in [-0.39, 0.29) is 4.90 Å². The van der Waals surface area contributed by atoms with Crippen molar-refractivity contribution in [2.24, 2.45) is 5.10 Å². The van der Waals surface area contributed by atoms with Crippen LogP contribution in [0.15, 0.2) is 64.7 Å². The van der Waals surface area contributed by atoms with Crippen LogP contribution >= 0.6 is 0 Å². The highest BCUT2D eigenvalue weighted by atomic mass is 32.2. The molecule has 140 valence electrons. The van der Waals surface area contributed by atoms with Gasteiger partial charge >= 0.3 is 0 Å². The van der Waals surface area contributed by atoms with Crippen LogP contribution in [0.1, 0.15) is 18.1 Å². The maximum atomic E-state index is 12.3. The van der Waals surface area contributed by atoms with Gasteiger partial charge in [-0.3, -0.25) is 5.10 Å². The first-order chi connectivity index (χ1) is 13.0. The standard InChI is InChI=1S/C19H20N4O3S/c1-3-14-4-10-18(11-5-14)27(24,25)23-21-13-16-12-20-22-19(16)15-6-8-17(26-2)9-7-15/h4-13,23H,3H2,1-2H3,(H,20,22)/b21-13-. The minimum atomic E-state index is -3.72. The Kier molecular flexibility index (Phi) is 5.56. The molecule has 27 heavy (non-hydrogen) atoms. The van der Waals surface area contributed by atoms with E-state index in [1.54, 1.807) is 37.6 Å². The van der Waals surface area contributed by atoms with Gasteiger partial charge in [-0.2, -0.15) is 18.6 Å². The molecule has 0 aliphatic heterocycles. The van der Waals surface area contributed by atoms with Gasteiger partial charge in [0.05, 0.1) is 30.1 Å². The number of nitrogens with one attached hydrogen (secondary N) is 2. The molecule has 2 N–H and O–H groups in total. The molecule has 0 saturated heterocycles. The van der Waals surface area contributed by atoms with Crippen molar-refractivity contribution in [3.05, 3.63) is 65.9 Å². The van der Waals surface area contributed by atoms with E-state index in [1.807, 2.05) is 31.2 Å². The molecule has 2 aromatic carbocycles. The van der Waals surface area contributed by atoms with Crippen LogP contribution in [0, 0.1) is 0 Å². The predicted molar refractivity (Wildman–Crippen MR) is 104 cm³/mol. The highest BCUT2D eigenvalue weighted by Crippen LogP contribution is 2.22. The number of benzene rings is 2. The summed E-state index contributed by atoms with van der Waals surface area (Å²) in [7, 11) is -2.12. The number of hydrazone groups is 1. The average molecular weight is 384 g/mol. The van der Waals surface area contributed by atoms with Gasteiger partial charge < -0.3 is 4.74 Å². The predicted octanol–water partition coefficient (Wildman–Crippen LogP) is 2.96. The summed E-state index contributed by atoms with van der Waals surface area (Å²) in [6.45, 7) is 2.01. The fourth-order valence-corrected chi connectivity index (χ4v) is 3.30. The summed E-state index contributed by atoms with van der Waals surface area (Å²) in [4.78, 5) is 2.39. The molecular weight excluding hydrogens is 364 g/mol. The Morgan fingerprint density at radius 2 is 1.85 bits per heavy atom. The van der Waals surface area contributed by atoms with E-state index in [0.717, 1.165) is 29.0 Å². The molecule has 0 fully saturated rings. The van der Waals surface area contributed by atoms with Crippen LogP contribution in [0.2, 0.25) is 0 Å². The number of methoxy groups -OCH3 is 1. The Bertz CT molecular complexity index is 1020. The van der Waals surface area contributed by atoms with Gasteiger partial charge in [-0.25, -0.2) is 4.83 Å². The topological polar surface area (TPSA) is 96.4 Å². The van der Waals surface area contributed by atoms with E-state index in [0.29, 0.717) is 5.56 Å². The SMILES string of the molecule is CCc1ccc(S(=O)(=O)N/N=C\c2cn[nH]c2-c2ccc(OC)cc2)cc1. The van der Waals surface area contributed by atoms with Crippen molar-refractivity contribution in [2.75, 3.05) is 7.11 Å². The molecule has 3 rings (SSSR count). The Balaban J connectivity index is 1.75. The third-order valence-corrected chi connectivity index (χ3v) is 5.30. The number of aromatic nitrogens is 2. The smallest absolute Gasteiger partial charge is 0.276 e. The zero-order valence-corrected chi connectivity index (χ0v) is 15.8. The quantitative estimate of drug-likeness (QED) is 0.483. The molecule has 3 aromatic rings. The van der Waals surface area contributed by atoms with E-state index in [9.17, 15) is 8.42 Å². The lowest BCUT2D eigenvalue weighted by molar-refractivity contribution is 0.415. The second kappa shape index (κ2) is 8.05. The lowest BCUT2D eigenvalue weighted by Gasteiger charge is -2.05. The van der Waals surface area contributed by atoms with Crippen LogP contribution in [-0.4, -0.2) is 31.9 Å². The molecule has 1 aromatic heterocycles. The van der Waals surface area contributed by atoms with Gasteiger partial charge in [-0.05, 0) is 48.4 Å². The highest BCUT2D eigenvalue weighted by Gasteiger charge is 2.12. The largest absolute Gasteiger partial charge is 0.497 e. The first-order valence-corrected chi connectivity index (χ1v) is 9.83. The number of sulfonamides is 1. The summed E-state index contributed by atoms with van der Waals surface area (Å²) in [6.07, 6.45) is 3.84. The van der Waals surface area contributed by atoms with Crippen molar-refractivity contribution in [3.8, 4) is 17.0 Å². The summed E-state index contributed by atoms with van der Waals surface area (Å²) in [6, 6.07) is 14.1. The van der Waals surface area contributed by atoms with Gasteiger partial charge in [0.25, 0.3) is 10.0 Å². The van der Waals surface area contributed by atoms with Gasteiger partial charge in [0.2, 0.25) is 0 Å². The van der Waals surface area contributed by atoms with Crippen LogP contribution in [0.25, 0.3) is 11.3 Å². The second-order valence-corrected chi connectivity index (χ2v) is 7.44. The molecule has 1 heterocycles. The molecule has 0 amide bonds. The maximum Gasteiger partial charge on any atom is 0.276 e. The number of rotatable bonds is 7. The van der Waals surface area contributed by atoms with Crippen LogP contribution in [-0.2, 0) is 16.4 Å². The molecule has 0 saturated carbocycles. The fourth-order valence-electron chi connectivity index (χ4n) is 2.50. The van der Waals surface area contributed by atoms with Gasteiger partial charge in [-0.15, -0.1) is 0 Å². The van der Waals surface area contributed by atoms with E-state index in [2.05, 4.69) is 20.1 Å². The third-order valence-electron chi connectivity index (χ3n) is 4.07. The lowest BCUT2D eigenvalue weighted by atomic mass is 10.1. The average Bonchev–Trinajstić information content (AvgIpc) is 3.16. The van der Waals surface area contributed by atoms with Crippen molar-refractivity contribution in [2.45, 2.75) is 18.2 Å². The normalized spacial score (nSPS) is 11.6. The molecule has 0 unspecified atom stereocenters. The molecule has 0 radical (unpaired) electrons. The van der Waals surface area contributed by atoms with Crippen molar-refractivity contribution in [1.29, 1.82) is 0 Å². The monoisotopic (exact) mass is 384 g/mol. The first kappa shape index (κ1) is 18.7. The third kappa shape index (κ3) is 4.35. The molecule has 7 nitrogen and oxygen atoms in total. The lowest BCUT2D eigenvalue weighted by Crippen LogP contribution is -2.18.